The van der Waals surface area contributed by atoms with E-state index in [-0.39, 0.29) is 0 Å². The minimum absolute atomic E-state index is 0.549. The molecule has 2 rings (SSSR count). The first-order chi connectivity index (χ1) is 6.79. The van der Waals surface area contributed by atoms with E-state index in [1.807, 2.05) is 6.33 Å². The van der Waals surface area contributed by atoms with Crippen LogP contribution in [0.1, 0.15) is 31.9 Å². The van der Waals surface area contributed by atoms with Crippen molar-refractivity contribution in [3.63, 3.8) is 0 Å². The van der Waals surface area contributed by atoms with Crippen molar-refractivity contribution in [2.24, 2.45) is 17.6 Å². The van der Waals surface area contributed by atoms with Gasteiger partial charge in [0.2, 0.25) is 0 Å². The van der Waals surface area contributed by atoms with E-state index in [4.69, 9.17) is 5.73 Å². The van der Waals surface area contributed by atoms with E-state index in [0.29, 0.717) is 6.54 Å². The molecule has 1 aliphatic carbocycles. The molecule has 3 nitrogen and oxygen atoms in total. The van der Waals surface area contributed by atoms with E-state index >= 15 is 0 Å². The van der Waals surface area contributed by atoms with Crippen molar-refractivity contribution in [1.82, 2.24) is 9.55 Å². The number of nitrogens with two attached hydrogens (primary N) is 1. The monoisotopic (exact) mass is 193 g/mol. The molecule has 3 heteroatoms. The zero-order valence-corrected chi connectivity index (χ0v) is 8.82. The highest BCUT2D eigenvalue weighted by molar-refractivity contribution is 4.95. The van der Waals surface area contributed by atoms with E-state index in [2.05, 4.69) is 22.7 Å². The largest absolute Gasteiger partial charge is 0.337 e. The standard InChI is InChI=1S/C11H19N3/c1-9-3-2-4-10(9)6-14-7-11(5-12)13-8-14/h7-10H,2-6,12H2,1H3. The van der Waals surface area contributed by atoms with Gasteiger partial charge in [0.1, 0.15) is 0 Å². The maximum Gasteiger partial charge on any atom is 0.0950 e. The Hall–Kier alpha value is -0.830. The lowest BCUT2D eigenvalue weighted by atomic mass is 9.98. The lowest BCUT2D eigenvalue weighted by molar-refractivity contribution is 0.363. The molecule has 1 aromatic rings. The smallest absolute Gasteiger partial charge is 0.0950 e. The molecule has 0 radical (unpaired) electrons. The van der Waals surface area contributed by atoms with Gasteiger partial charge in [-0.2, -0.15) is 0 Å². The molecule has 14 heavy (non-hydrogen) atoms. The molecular formula is C11H19N3. The van der Waals surface area contributed by atoms with Gasteiger partial charge in [0.05, 0.1) is 12.0 Å². The summed E-state index contributed by atoms with van der Waals surface area (Å²) in [6.07, 6.45) is 8.14. The van der Waals surface area contributed by atoms with Crippen molar-refractivity contribution in [3.8, 4) is 0 Å². The highest BCUT2D eigenvalue weighted by Gasteiger charge is 2.23. The molecule has 0 spiro atoms. The Balaban J connectivity index is 1.96. The number of rotatable bonds is 3. The van der Waals surface area contributed by atoms with Crippen molar-refractivity contribution in [2.45, 2.75) is 39.3 Å². The third kappa shape index (κ3) is 1.98. The molecule has 0 aliphatic heterocycles. The van der Waals surface area contributed by atoms with Gasteiger partial charge in [-0.1, -0.05) is 19.8 Å². The third-order valence-electron chi connectivity index (χ3n) is 3.38. The second-order valence-corrected chi connectivity index (χ2v) is 4.43. The van der Waals surface area contributed by atoms with E-state index in [1.165, 1.54) is 19.3 Å². The zero-order valence-electron chi connectivity index (χ0n) is 8.82. The second-order valence-electron chi connectivity index (χ2n) is 4.43. The van der Waals surface area contributed by atoms with Crippen LogP contribution in [-0.2, 0) is 13.1 Å². The number of aromatic nitrogens is 2. The minimum atomic E-state index is 0.549. The van der Waals surface area contributed by atoms with Gasteiger partial charge in [-0.15, -0.1) is 0 Å². The van der Waals surface area contributed by atoms with Crippen LogP contribution in [-0.4, -0.2) is 9.55 Å². The molecule has 2 unspecified atom stereocenters. The average Bonchev–Trinajstić information content (AvgIpc) is 2.77. The fourth-order valence-corrected chi connectivity index (χ4v) is 2.38. The van der Waals surface area contributed by atoms with E-state index < -0.39 is 0 Å². The molecule has 1 heterocycles. The number of imidazole rings is 1. The van der Waals surface area contributed by atoms with Crippen LogP contribution < -0.4 is 5.73 Å². The Labute approximate surface area is 85.3 Å². The van der Waals surface area contributed by atoms with Crippen LogP contribution in [0.3, 0.4) is 0 Å². The summed E-state index contributed by atoms with van der Waals surface area (Å²) in [6.45, 7) is 4.03. The van der Waals surface area contributed by atoms with Gasteiger partial charge in [-0.3, -0.25) is 0 Å². The Morgan fingerprint density at radius 2 is 2.43 bits per heavy atom. The van der Waals surface area contributed by atoms with Gasteiger partial charge in [-0.25, -0.2) is 4.98 Å². The molecule has 1 saturated carbocycles. The molecule has 1 aliphatic rings. The quantitative estimate of drug-likeness (QED) is 0.795. The molecule has 0 aromatic carbocycles. The SMILES string of the molecule is CC1CCCC1Cn1cnc(CN)c1. The first-order valence-corrected chi connectivity index (χ1v) is 5.50. The lowest BCUT2D eigenvalue weighted by Gasteiger charge is -2.15. The molecule has 2 N–H and O–H groups in total. The zero-order chi connectivity index (χ0) is 9.97. The van der Waals surface area contributed by atoms with Crippen LogP contribution in [0.4, 0.5) is 0 Å². The van der Waals surface area contributed by atoms with E-state index in [1.54, 1.807) is 0 Å². The van der Waals surface area contributed by atoms with Crippen molar-refractivity contribution in [2.75, 3.05) is 0 Å². The van der Waals surface area contributed by atoms with Gasteiger partial charge >= 0.3 is 0 Å². The van der Waals surface area contributed by atoms with E-state index in [0.717, 1.165) is 24.1 Å². The summed E-state index contributed by atoms with van der Waals surface area (Å²) in [5, 5.41) is 0. The van der Waals surface area contributed by atoms with Gasteiger partial charge < -0.3 is 10.3 Å². The van der Waals surface area contributed by atoms with Crippen LogP contribution >= 0.6 is 0 Å². The van der Waals surface area contributed by atoms with E-state index in [9.17, 15) is 0 Å². The van der Waals surface area contributed by atoms with Crippen LogP contribution in [0.25, 0.3) is 0 Å². The Morgan fingerprint density at radius 3 is 3.00 bits per heavy atom. The predicted molar refractivity (Wildman–Crippen MR) is 56.6 cm³/mol. The molecule has 2 atom stereocenters. The Kier molecular flexibility index (Phi) is 2.87. The molecule has 1 aromatic heterocycles. The molecule has 0 bridgehead atoms. The summed E-state index contributed by atoms with van der Waals surface area (Å²) in [7, 11) is 0. The summed E-state index contributed by atoms with van der Waals surface area (Å²) in [5.74, 6) is 1.72. The number of hydrogen-bond acceptors (Lipinski definition) is 2. The first kappa shape index (κ1) is 9.71. The molecule has 0 saturated heterocycles. The van der Waals surface area contributed by atoms with Crippen LogP contribution in [0, 0.1) is 11.8 Å². The second kappa shape index (κ2) is 4.13. The highest BCUT2D eigenvalue weighted by Crippen LogP contribution is 2.32. The topological polar surface area (TPSA) is 43.8 Å². The maximum atomic E-state index is 5.52. The third-order valence-corrected chi connectivity index (χ3v) is 3.38. The fourth-order valence-electron chi connectivity index (χ4n) is 2.38. The van der Waals surface area contributed by atoms with Gasteiger partial charge in [0.15, 0.2) is 0 Å². The first-order valence-electron chi connectivity index (χ1n) is 5.50. The normalized spacial score (nSPS) is 27.0. The van der Waals surface area contributed by atoms with Crippen LogP contribution in [0.5, 0.6) is 0 Å². The summed E-state index contributed by atoms with van der Waals surface area (Å²) >= 11 is 0. The summed E-state index contributed by atoms with van der Waals surface area (Å²) in [4.78, 5) is 4.24. The Morgan fingerprint density at radius 1 is 1.57 bits per heavy atom. The van der Waals surface area contributed by atoms with Crippen LogP contribution in [0.15, 0.2) is 12.5 Å². The van der Waals surface area contributed by atoms with Crippen molar-refractivity contribution < 1.29 is 0 Å². The summed E-state index contributed by atoms with van der Waals surface area (Å²) in [6, 6.07) is 0. The number of nitrogens with zero attached hydrogens (tertiary/aromatic N) is 2. The average molecular weight is 193 g/mol. The Bertz CT molecular complexity index is 292. The predicted octanol–water partition coefficient (Wildman–Crippen LogP) is 1.78. The van der Waals surface area contributed by atoms with Crippen molar-refractivity contribution in [1.29, 1.82) is 0 Å². The lowest BCUT2D eigenvalue weighted by Crippen LogP contribution is -2.11. The van der Waals surface area contributed by atoms with Crippen molar-refractivity contribution >= 4 is 0 Å². The van der Waals surface area contributed by atoms with Crippen LogP contribution in [0.2, 0.25) is 0 Å². The highest BCUT2D eigenvalue weighted by atomic mass is 15.0. The van der Waals surface area contributed by atoms with Crippen molar-refractivity contribution in [3.05, 3.63) is 18.2 Å². The molecule has 0 amide bonds. The molecular weight excluding hydrogens is 174 g/mol. The van der Waals surface area contributed by atoms with Gasteiger partial charge in [0.25, 0.3) is 0 Å². The molecule has 1 fully saturated rings. The summed E-state index contributed by atoms with van der Waals surface area (Å²) < 4.78 is 2.19. The minimum Gasteiger partial charge on any atom is -0.337 e. The number of hydrogen-bond donors (Lipinski definition) is 1. The fraction of sp³-hybridized carbons (Fsp3) is 0.727. The maximum absolute atomic E-state index is 5.52. The van der Waals surface area contributed by atoms with Gasteiger partial charge in [-0.05, 0) is 18.3 Å². The van der Waals surface area contributed by atoms with Gasteiger partial charge in [0, 0.05) is 19.3 Å². The summed E-state index contributed by atoms with van der Waals surface area (Å²) in [5.41, 5.74) is 6.52. The molecule has 78 valence electrons.